The molecule has 32 heavy (non-hydrogen) atoms. The van der Waals surface area contributed by atoms with Crippen LogP contribution in [0.15, 0.2) is 17.3 Å². The number of fused-ring (bicyclic) bond motifs is 5. The predicted molar refractivity (Wildman–Crippen MR) is 122 cm³/mol. The first-order valence-electron chi connectivity index (χ1n) is 12.5. The van der Waals surface area contributed by atoms with Gasteiger partial charge in [-0.2, -0.15) is 5.10 Å². The number of aromatic nitrogens is 2. The van der Waals surface area contributed by atoms with Gasteiger partial charge in [0.15, 0.2) is 15.6 Å². The molecule has 0 aliphatic heterocycles. The fourth-order valence-electron chi connectivity index (χ4n) is 8.50. The molecule has 7 heteroatoms. The van der Waals surface area contributed by atoms with Crippen LogP contribution in [0.3, 0.4) is 0 Å². The van der Waals surface area contributed by atoms with Crippen molar-refractivity contribution in [3.8, 4) is 0 Å². The monoisotopic (exact) mass is 462 g/mol. The Bertz CT molecular complexity index is 999. The second-order valence-electron chi connectivity index (χ2n) is 12.0. The summed E-state index contributed by atoms with van der Waals surface area (Å²) in [6.07, 6.45) is 13.9. The largest absolute Gasteiger partial charge is 0.390 e. The van der Waals surface area contributed by atoms with Gasteiger partial charge in [-0.25, -0.2) is 8.42 Å². The van der Waals surface area contributed by atoms with Crippen molar-refractivity contribution in [2.45, 2.75) is 88.7 Å². The molecule has 1 aromatic rings. The van der Waals surface area contributed by atoms with E-state index in [1.54, 1.807) is 0 Å². The van der Waals surface area contributed by atoms with Crippen LogP contribution in [0.5, 0.6) is 0 Å². The number of hydrogen-bond acceptors (Lipinski definition) is 5. The van der Waals surface area contributed by atoms with Crippen molar-refractivity contribution in [2.75, 3.05) is 6.26 Å². The van der Waals surface area contributed by atoms with E-state index in [9.17, 15) is 18.3 Å². The highest BCUT2D eigenvalue weighted by Gasteiger charge is 2.58. The fraction of sp³-hybridized carbons (Fsp3) is 0.840. The van der Waals surface area contributed by atoms with Crippen molar-refractivity contribution in [1.29, 1.82) is 0 Å². The molecule has 1 aromatic heterocycles. The van der Waals surface area contributed by atoms with Gasteiger partial charge in [-0.3, -0.25) is 9.48 Å². The van der Waals surface area contributed by atoms with Crippen LogP contribution in [0.4, 0.5) is 0 Å². The third-order valence-corrected chi connectivity index (χ3v) is 11.0. The second kappa shape index (κ2) is 7.66. The van der Waals surface area contributed by atoms with E-state index in [1.807, 2.05) is 6.92 Å². The van der Waals surface area contributed by atoms with Crippen molar-refractivity contribution in [3.05, 3.63) is 12.4 Å². The standard InChI is InChI=1S/C25H38N2O4S/c1-24(29)10-8-18-16(12-24)4-5-20-19(18)9-11-25(2)21(20)6-7-22(25)23(28)15-27-14-17(13-26-27)32(3,30)31/h13-14,16,18-22,29H,4-12,15H2,1-3H3/t16?,18-,19+,20+,21-,22+,24+,25-/m0/s1. The number of carbonyl (C=O) groups is 1. The Kier molecular flexibility index (Phi) is 5.40. The van der Waals surface area contributed by atoms with Gasteiger partial charge in [0.05, 0.1) is 18.3 Å². The van der Waals surface area contributed by atoms with Crippen LogP contribution in [0, 0.1) is 40.9 Å². The van der Waals surface area contributed by atoms with E-state index in [2.05, 4.69) is 12.0 Å². The lowest BCUT2D eigenvalue weighted by molar-refractivity contribution is -0.133. The molecular weight excluding hydrogens is 424 g/mol. The summed E-state index contributed by atoms with van der Waals surface area (Å²) in [4.78, 5) is 13.5. The number of ketones is 1. The molecule has 0 aromatic carbocycles. The molecule has 1 N–H and O–H groups in total. The third-order valence-electron chi connectivity index (χ3n) is 9.98. The smallest absolute Gasteiger partial charge is 0.178 e. The van der Waals surface area contributed by atoms with Gasteiger partial charge in [0.25, 0.3) is 0 Å². The number of hydrogen-bond donors (Lipinski definition) is 1. The van der Waals surface area contributed by atoms with Gasteiger partial charge < -0.3 is 5.11 Å². The Morgan fingerprint density at radius 3 is 2.56 bits per heavy atom. The molecule has 5 rings (SSSR count). The van der Waals surface area contributed by atoms with E-state index in [-0.39, 0.29) is 28.6 Å². The predicted octanol–water partition coefficient (Wildman–Crippen LogP) is 3.88. The molecule has 1 unspecified atom stereocenters. The van der Waals surface area contributed by atoms with Gasteiger partial charge >= 0.3 is 0 Å². The summed E-state index contributed by atoms with van der Waals surface area (Å²) >= 11 is 0. The lowest BCUT2D eigenvalue weighted by atomic mass is 9.49. The molecule has 6 nitrogen and oxygen atoms in total. The summed E-state index contributed by atoms with van der Waals surface area (Å²) in [6.45, 7) is 4.53. The molecule has 0 amide bonds. The third kappa shape index (κ3) is 3.77. The first-order valence-corrected chi connectivity index (χ1v) is 14.3. The average Bonchev–Trinajstić information content (AvgIpc) is 3.30. The molecule has 4 saturated carbocycles. The molecule has 4 fully saturated rings. The summed E-state index contributed by atoms with van der Waals surface area (Å²) in [7, 11) is -3.31. The zero-order valence-electron chi connectivity index (χ0n) is 19.7. The van der Waals surface area contributed by atoms with E-state index in [4.69, 9.17) is 0 Å². The minimum atomic E-state index is -3.31. The number of aliphatic hydroxyl groups is 1. The van der Waals surface area contributed by atoms with Gasteiger partial charge in [-0.05, 0) is 99.7 Å². The molecule has 4 aliphatic carbocycles. The summed E-state index contributed by atoms with van der Waals surface area (Å²) in [6, 6.07) is 0. The Morgan fingerprint density at radius 1 is 1.09 bits per heavy atom. The topological polar surface area (TPSA) is 89.3 Å². The summed E-state index contributed by atoms with van der Waals surface area (Å²) in [5, 5.41) is 14.7. The van der Waals surface area contributed by atoms with Gasteiger partial charge in [0.2, 0.25) is 0 Å². The number of nitrogens with zero attached hydrogens (tertiary/aromatic N) is 2. The highest BCUT2D eigenvalue weighted by Crippen LogP contribution is 2.64. The number of sulfone groups is 1. The van der Waals surface area contributed by atoms with Crippen LogP contribution in [-0.2, 0) is 21.2 Å². The average molecular weight is 463 g/mol. The van der Waals surface area contributed by atoms with E-state index in [0.29, 0.717) is 11.8 Å². The lowest BCUT2D eigenvalue weighted by Crippen LogP contribution is -2.51. The quantitative estimate of drug-likeness (QED) is 0.734. The molecule has 4 aliphatic rings. The first-order chi connectivity index (χ1) is 15.0. The van der Waals surface area contributed by atoms with Crippen molar-refractivity contribution >= 4 is 15.6 Å². The maximum Gasteiger partial charge on any atom is 0.178 e. The maximum atomic E-state index is 13.4. The fourth-order valence-corrected chi connectivity index (χ4v) is 9.05. The molecule has 8 atom stereocenters. The van der Waals surface area contributed by atoms with Gasteiger partial charge in [-0.15, -0.1) is 0 Å². The molecule has 0 radical (unpaired) electrons. The van der Waals surface area contributed by atoms with E-state index < -0.39 is 15.4 Å². The summed E-state index contributed by atoms with van der Waals surface area (Å²) in [5.41, 5.74) is -0.427. The Morgan fingerprint density at radius 2 is 1.84 bits per heavy atom. The molecule has 178 valence electrons. The van der Waals surface area contributed by atoms with Crippen LogP contribution in [0.25, 0.3) is 0 Å². The van der Waals surface area contributed by atoms with E-state index in [1.165, 1.54) is 42.6 Å². The summed E-state index contributed by atoms with van der Waals surface area (Å²) in [5.74, 6) is 3.78. The van der Waals surface area contributed by atoms with Crippen LogP contribution in [0.2, 0.25) is 0 Å². The molecular formula is C25H38N2O4S. The molecule has 0 spiro atoms. The Balaban J connectivity index is 1.30. The molecule has 0 bridgehead atoms. The first kappa shape index (κ1) is 22.6. The van der Waals surface area contributed by atoms with Crippen molar-refractivity contribution in [1.82, 2.24) is 9.78 Å². The van der Waals surface area contributed by atoms with Crippen molar-refractivity contribution in [2.24, 2.45) is 40.9 Å². The van der Waals surface area contributed by atoms with Crippen LogP contribution in [-0.4, -0.2) is 40.9 Å². The van der Waals surface area contributed by atoms with E-state index in [0.717, 1.165) is 56.3 Å². The Labute approximate surface area is 192 Å². The second-order valence-corrected chi connectivity index (χ2v) is 14.0. The SMILES string of the molecule is C[C@@]1(O)CC[C@H]2C(CC[C@@H]3[C@@H]2CC[C@]2(C)[C@@H](C(=O)Cn4cc(S(C)(=O)=O)cn4)CC[C@@H]32)C1. The van der Waals surface area contributed by atoms with Gasteiger partial charge in [0, 0.05) is 18.4 Å². The highest BCUT2D eigenvalue weighted by molar-refractivity contribution is 7.90. The highest BCUT2D eigenvalue weighted by atomic mass is 32.2. The number of rotatable bonds is 4. The lowest BCUT2D eigenvalue weighted by Gasteiger charge is -2.56. The molecule has 1 heterocycles. The van der Waals surface area contributed by atoms with E-state index >= 15 is 0 Å². The zero-order valence-corrected chi connectivity index (χ0v) is 20.5. The summed E-state index contributed by atoms with van der Waals surface area (Å²) < 4.78 is 25.0. The van der Waals surface area contributed by atoms with Crippen molar-refractivity contribution < 1.29 is 18.3 Å². The van der Waals surface area contributed by atoms with Crippen LogP contribution in [0.1, 0.15) is 71.6 Å². The minimum absolute atomic E-state index is 0.0455. The number of Topliss-reactive ketones (excluding diaryl/α,β-unsaturated/α-hetero) is 1. The van der Waals surface area contributed by atoms with Crippen LogP contribution >= 0.6 is 0 Å². The zero-order chi connectivity index (χ0) is 22.9. The number of carbonyl (C=O) groups excluding carboxylic acids is 1. The van der Waals surface area contributed by atoms with Crippen molar-refractivity contribution in [3.63, 3.8) is 0 Å². The van der Waals surface area contributed by atoms with Gasteiger partial charge in [-0.1, -0.05) is 6.92 Å². The Hall–Kier alpha value is -1.21. The maximum absolute atomic E-state index is 13.4. The minimum Gasteiger partial charge on any atom is -0.390 e. The van der Waals surface area contributed by atoms with Crippen LogP contribution < -0.4 is 0 Å². The normalized spacial score (nSPS) is 43.9. The van der Waals surface area contributed by atoms with Gasteiger partial charge in [0.1, 0.15) is 4.90 Å². The molecule has 0 saturated heterocycles.